The van der Waals surface area contributed by atoms with E-state index in [0.717, 1.165) is 12.0 Å². The Morgan fingerprint density at radius 3 is 2.58 bits per heavy atom. The first kappa shape index (κ1) is 23.2. The second-order valence-corrected chi connectivity index (χ2v) is 5.07. The summed E-state index contributed by atoms with van der Waals surface area (Å²) in [6.07, 6.45) is -1.36. The van der Waals surface area contributed by atoms with E-state index >= 15 is 0 Å². The zero-order chi connectivity index (χ0) is 17.1. The highest BCUT2D eigenvalue weighted by Gasteiger charge is 2.27. The molecule has 1 rings (SSSR count). The summed E-state index contributed by atoms with van der Waals surface area (Å²) < 4.78 is 40.1. The molecule has 5 nitrogen and oxygen atoms in total. The largest absolute Gasteiger partial charge is 0.411 e. The minimum atomic E-state index is -4.28. The molecule has 0 amide bonds. The van der Waals surface area contributed by atoms with E-state index in [2.05, 4.69) is 25.3 Å². The van der Waals surface area contributed by atoms with E-state index in [-0.39, 0.29) is 30.6 Å². The zero-order valence-corrected chi connectivity index (χ0v) is 16.3. The van der Waals surface area contributed by atoms with Crippen molar-refractivity contribution in [3.05, 3.63) is 29.0 Å². The van der Waals surface area contributed by atoms with Crippen LogP contribution in [0.1, 0.15) is 12.0 Å². The van der Waals surface area contributed by atoms with Gasteiger partial charge in [-0.1, -0.05) is 17.7 Å². The van der Waals surface area contributed by atoms with Crippen LogP contribution in [-0.4, -0.2) is 50.5 Å². The third kappa shape index (κ3) is 11.7. The maximum atomic E-state index is 11.9. The van der Waals surface area contributed by atoms with Crippen molar-refractivity contribution in [3.8, 4) is 0 Å². The van der Waals surface area contributed by atoms with E-state index in [1.807, 2.05) is 6.07 Å². The maximum Gasteiger partial charge on any atom is 0.411 e. The number of pyridine rings is 1. The molecule has 0 aliphatic heterocycles. The van der Waals surface area contributed by atoms with Crippen LogP contribution in [0.2, 0.25) is 5.15 Å². The molecule has 2 N–H and O–H groups in total. The molecular formula is C14H21ClF3IN4O. The Hall–Kier alpha value is -0.810. The molecule has 24 heavy (non-hydrogen) atoms. The smallest absolute Gasteiger partial charge is 0.372 e. The highest BCUT2D eigenvalue weighted by atomic mass is 127. The predicted molar refractivity (Wildman–Crippen MR) is 99.2 cm³/mol. The summed E-state index contributed by atoms with van der Waals surface area (Å²) >= 11 is 5.71. The number of alkyl halides is 3. The molecule has 0 radical (unpaired) electrons. The van der Waals surface area contributed by atoms with Crippen LogP contribution in [0.3, 0.4) is 0 Å². The molecule has 0 saturated heterocycles. The Balaban J connectivity index is 0.00000529. The number of rotatable bonds is 8. The minimum Gasteiger partial charge on any atom is -0.372 e. The van der Waals surface area contributed by atoms with Crippen molar-refractivity contribution in [2.75, 3.05) is 33.4 Å². The van der Waals surface area contributed by atoms with Gasteiger partial charge in [0.15, 0.2) is 5.96 Å². The number of halogens is 5. The zero-order valence-electron chi connectivity index (χ0n) is 13.2. The first-order valence-electron chi connectivity index (χ1n) is 7.10. The fourth-order valence-corrected chi connectivity index (χ4v) is 1.78. The molecular weight excluding hydrogens is 460 g/mol. The first-order chi connectivity index (χ1) is 10.9. The molecule has 0 aliphatic carbocycles. The summed E-state index contributed by atoms with van der Waals surface area (Å²) in [7, 11) is 1.62. The van der Waals surface area contributed by atoms with E-state index in [0.29, 0.717) is 30.6 Å². The number of aromatic nitrogens is 1. The summed E-state index contributed by atoms with van der Waals surface area (Å²) in [6, 6.07) is 3.62. The maximum absolute atomic E-state index is 11.9. The number of nitrogens with one attached hydrogen (secondary N) is 2. The van der Waals surface area contributed by atoms with Gasteiger partial charge in [-0.3, -0.25) is 4.99 Å². The van der Waals surface area contributed by atoms with Crippen LogP contribution >= 0.6 is 35.6 Å². The molecule has 0 fully saturated rings. The molecule has 1 heterocycles. The lowest BCUT2D eigenvalue weighted by Gasteiger charge is -2.12. The van der Waals surface area contributed by atoms with Gasteiger partial charge in [-0.2, -0.15) is 13.2 Å². The summed E-state index contributed by atoms with van der Waals surface area (Å²) in [5.74, 6) is 0.586. The molecule has 138 valence electrons. The Morgan fingerprint density at radius 1 is 1.29 bits per heavy atom. The average Bonchev–Trinajstić information content (AvgIpc) is 2.49. The van der Waals surface area contributed by atoms with Gasteiger partial charge in [0.05, 0.1) is 0 Å². The Labute approximate surface area is 161 Å². The van der Waals surface area contributed by atoms with Crippen molar-refractivity contribution in [3.63, 3.8) is 0 Å². The van der Waals surface area contributed by atoms with Crippen molar-refractivity contribution in [1.29, 1.82) is 0 Å². The lowest BCUT2D eigenvalue weighted by Crippen LogP contribution is -2.39. The highest BCUT2D eigenvalue weighted by Crippen LogP contribution is 2.14. The number of nitrogens with zero attached hydrogens (tertiary/aromatic N) is 2. The van der Waals surface area contributed by atoms with Gasteiger partial charge in [-0.05, 0) is 24.5 Å². The molecule has 0 spiro atoms. The van der Waals surface area contributed by atoms with Crippen LogP contribution in [0, 0.1) is 0 Å². The Bertz CT molecular complexity index is 486. The van der Waals surface area contributed by atoms with E-state index in [1.165, 1.54) is 0 Å². The average molecular weight is 481 g/mol. The van der Waals surface area contributed by atoms with Gasteiger partial charge in [-0.15, -0.1) is 24.0 Å². The standard InChI is InChI=1S/C14H20ClF3N4O.HI/c1-19-13(20-6-2-8-23-10-14(16,17)18)21-7-5-11-3-4-12(15)22-9-11;/h3-4,9H,2,5-8,10H2,1H3,(H2,19,20,21);1H. The molecule has 1 aromatic rings. The number of aliphatic imine (C=N–C) groups is 1. The number of hydrogen-bond donors (Lipinski definition) is 2. The van der Waals surface area contributed by atoms with Gasteiger partial charge in [0.2, 0.25) is 0 Å². The highest BCUT2D eigenvalue weighted by molar-refractivity contribution is 14.0. The van der Waals surface area contributed by atoms with Gasteiger partial charge in [0.25, 0.3) is 0 Å². The van der Waals surface area contributed by atoms with E-state index < -0.39 is 12.8 Å². The monoisotopic (exact) mass is 480 g/mol. The van der Waals surface area contributed by atoms with Crippen molar-refractivity contribution >= 4 is 41.5 Å². The molecule has 10 heteroatoms. The summed E-state index contributed by atoms with van der Waals surface area (Å²) in [4.78, 5) is 8.02. The van der Waals surface area contributed by atoms with Crippen LogP contribution < -0.4 is 10.6 Å². The quantitative estimate of drug-likeness (QED) is 0.197. The Morgan fingerprint density at radius 2 is 2.00 bits per heavy atom. The van der Waals surface area contributed by atoms with Crippen LogP contribution in [0.25, 0.3) is 0 Å². The molecule has 0 bridgehead atoms. The van der Waals surface area contributed by atoms with Crippen molar-refractivity contribution in [1.82, 2.24) is 15.6 Å². The van der Waals surface area contributed by atoms with Gasteiger partial charge >= 0.3 is 6.18 Å². The molecule has 0 aromatic carbocycles. The fraction of sp³-hybridized carbons (Fsp3) is 0.571. The third-order valence-corrected chi connectivity index (χ3v) is 2.97. The first-order valence-corrected chi connectivity index (χ1v) is 7.48. The minimum absolute atomic E-state index is 0. The molecule has 1 aromatic heterocycles. The summed E-state index contributed by atoms with van der Waals surface area (Å²) in [5, 5.41) is 6.56. The van der Waals surface area contributed by atoms with Crippen LogP contribution in [0.15, 0.2) is 23.3 Å². The molecule has 0 atom stereocenters. The predicted octanol–water partition coefficient (Wildman–Crippen LogP) is 3.03. The van der Waals surface area contributed by atoms with Crippen molar-refractivity contribution in [2.24, 2.45) is 4.99 Å². The second-order valence-electron chi connectivity index (χ2n) is 4.69. The third-order valence-electron chi connectivity index (χ3n) is 2.74. The lowest BCUT2D eigenvalue weighted by molar-refractivity contribution is -0.173. The molecule has 0 aliphatic rings. The molecule has 0 saturated carbocycles. The van der Waals surface area contributed by atoms with Crippen LogP contribution in [-0.2, 0) is 11.2 Å². The van der Waals surface area contributed by atoms with Crippen molar-refractivity contribution in [2.45, 2.75) is 19.0 Å². The SMILES string of the molecule is CN=C(NCCCOCC(F)(F)F)NCCc1ccc(Cl)nc1.I. The summed E-state index contributed by atoms with van der Waals surface area (Å²) in [5.41, 5.74) is 1.04. The fourth-order valence-electron chi connectivity index (χ4n) is 1.67. The van der Waals surface area contributed by atoms with Crippen LogP contribution in [0.5, 0.6) is 0 Å². The van der Waals surface area contributed by atoms with E-state index in [4.69, 9.17) is 11.6 Å². The van der Waals surface area contributed by atoms with Gasteiger partial charge < -0.3 is 15.4 Å². The van der Waals surface area contributed by atoms with E-state index in [9.17, 15) is 13.2 Å². The number of guanidine groups is 1. The topological polar surface area (TPSA) is 58.5 Å². The van der Waals surface area contributed by atoms with Gasteiger partial charge in [-0.25, -0.2) is 4.98 Å². The molecule has 0 unspecified atom stereocenters. The lowest BCUT2D eigenvalue weighted by atomic mass is 10.2. The normalized spacial score (nSPS) is 11.8. The van der Waals surface area contributed by atoms with Gasteiger partial charge in [0.1, 0.15) is 11.8 Å². The van der Waals surface area contributed by atoms with E-state index in [1.54, 1.807) is 19.3 Å². The summed E-state index contributed by atoms with van der Waals surface area (Å²) in [6.45, 7) is -0.0529. The number of hydrogen-bond acceptors (Lipinski definition) is 3. The van der Waals surface area contributed by atoms with Crippen LogP contribution in [0.4, 0.5) is 13.2 Å². The second kappa shape index (κ2) is 12.5. The number of ether oxygens (including phenoxy) is 1. The Kier molecular flexibility index (Phi) is 12.1. The van der Waals surface area contributed by atoms with Gasteiger partial charge in [0, 0.05) is 32.9 Å². The van der Waals surface area contributed by atoms with Crippen molar-refractivity contribution < 1.29 is 17.9 Å².